The van der Waals surface area contributed by atoms with Crippen molar-refractivity contribution in [3.05, 3.63) is 29.3 Å². The van der Waals surface area contributed by atoms with Crippen LogP contribution in [0.1, 0.15) is 48.0 Å². The molecule has 1 unspecified atom stereocenters. The topological polar surface area (TPSA) is 91.8 Å². The first-order valence-corrected chi connectivity index (χ1v) is 9.26. The lowest BCUT2D eigenvalue weighted by Crippen LogP contribution is -2.47. The van der Waals surface area contributed by atoms with Crippen molar-refractivity contribution in [3.8, 4) is 0 Å². The Morgan fingerprint density at radius 3 is 2.70 bits per heavy atom. The van der Waals surface area contributed by atoms with Crippen LogP contribution in [0.25, 0.3) is 0 Å². The van der Waals surface area contributed by atoms with Gasteiger partial charge >= 0.3 is 5.97 Å². The zero-order chi connectivity index (χ0) is 16.6. The number of benzene rings is 1. The molecule has 0 aromatic heterocycles. The van der Waals surface area contributed by atoms with E-state index >= 15 is 0 Å². The molecule has 124 valence electrons. The Bertz CT molecular complexity index is 756. The zero-order valence-corrected chi connectivity index (χ0v) is 13.5. The molecule has 6 nitrogen and oxygen atoms in total. The van der Waals surface area contributed by atoms with Gasteiger partial charge in [0, 0.05) is 18.5 Å². The molecule has 1 heterocycles. The summed E-state index contributed by atoms with van der Waals surface area (Å²) in [7, 11) is -3.91. The predicted molar refractivity (Wildman–Crippen MR) is 82.9 cm³/mol. The van der Waals surface area contributed by atoms with Gasteiger partial charge in [0.15, 0.2) is 5.78 Å². The number of carbonyl (C=O) groups excluding carboxylic acids is 1. The van der Waals surface area contributed by atoms with E-state index in [-0.39, 0.29) is 17.2 Å². The van der Waals surface area contributed by atoms with Crippen LogP contribution < -0.4 is 0 Å². The van der Waals surface area contributed by atoms with Crippen LogP contribution in [0.4, 0.5) is 0 Å². The number of carbonyl (C=O) groups is 2. The number of ketones is 1. The van der Waals surface area contributed by atoms with Crippen LogP contribution in [-0.4, -0.2) is 42.2 Å². The van der Waals surface area contributed by atoms with Crippen molar-refractivity contribution >= 4 is 21.8 Å². The first kappa shape index (κ1) is 16.1. The van der Waals surface area contributed by atoms with Gasteiger partial charge in [-0.05, 0) is 49.8 Å². The van der Waals surface area contributed by atoms with E-state index in [0.717, 1.165) is 22.7 Å². The van der Waals surface area contributed by atoms with Crippen LogP contribution in [0.15, 0.2) is 23.1 Å². The first-order chi connectivity index (χ1) is 10.9. The number of sulfonamides is 1. The molecule has 1 aliphatic carbocycles. The average molecular weight is 337 g/mol. The Balaban J connectivity index is 2.01. The minimum atomic E-state index is -3.91. The van der Waals surface area contributed by atoms with E-state index in [1.165, 1.54) is 12.1 Å². The minimum absolute atomic E-state index is 0.0136. The third-order valence-corrected chi connectivity index (χ3v) is 6.48. The maximum absolute atomic E-state index is 12.8. The largest absolute Gasteiger partial charge is 0.480 e. The van der Waals surface area contributed by atoms with Crippen molar-refractivity contribution in [2.24, 2.45) is 0 Å². The van der Waals surface area contributed by atoms with Gasteiger partial charge in [0.2, 0.25) is 10.0 Å². The normalized spacial score (nSPS) is 22.6. The number of aryl methyl sites for hydroxylation is 1. The third-order valence-electron chi connectivity index (χ3n) is 4.58. The van der Waals surface area contributed by atoms with Gasteiger partial charge in [-0.3, -0.25) is 9.59 Å². The molecule has 1 N–H and O–H groups in total. The summed E-state index contributed by atoms with van der Waals surface area (Å²) >= 11 is 0. The Kier molecular flexibility index (Phi) is 4.25. The number of Topliss-reactive ketones (excluding diaryl/α,β-unsaturated/α-hetero) is 1. The molecule has 0 amide bonds. The molecule has 23 heavy (non-hydrogen) atoms. The summed E-state index contributed by atoms with van der Waals surface area (Å²) < 4.78 is 26.8. The summed E-state index contributed by atoms with van der Waals surface area (Å²) in [6.45, 7) is 0.199. The Hall–Kier alpha value is -1.73. The van der Waals surface area contributed by atoms with E-state index in [0.29, 0.717) is 31.2 Å². The predicted octanol–water partition coefficient (Wildman–Crippen LogP) is 1.83. The van der Waals surface area contributed by atoms with Gasteiger partial charge in [0.1, 0.15) is 6.04 Å². The number of hydrogen-bond donors (Lipinski definition) is 1. The number of nitrogens with zero attached hydrogens (tertiary/aromatic N) is 1. The van der Waals surface area contributed by atoms with E-state index in [1.54, 1.807) is 6.07 Å². The van der Waals surface area contributed by atoms with E-state index in [1.807, 2.05) is 0 Å². The minimum Gasteiger partial charge on any atom is -0.480 e. The van der Waals surface area contributed by atoms with Crippen LogP contribution in [0.3, 0.4) is 0 Å². The summed E-state index contributed by atoms with van der Waals surface area (Å²) in [6.07, 6.45) is 3.64. The summed E-state index contributed by atoms with van der Waals surface area (Å²) in [5, 5.41) is 9.29. The SMILES string of the molecule is O=C1CCCc2ccc(S(=O)(=O)N3CCCCC3C(=O)O)cc21. The van der Waals surface area contributed by atoms with Crippen LogP contribution in [0, 0.1) is 0 Å². The molecule has 0 bridgehead atoms. The van der Waals surface area contributed by atoms with Gasteiger partial charge in [-0.2, -0.15) is 4.31 Å². The Morgan fingerprint density at radius 1 is 1.17 bits per heavy atom. The standard InChI is InChI=1S/C16H19NO5S/c18-15-6-3-4-11-7-8-12(10-13(11)15)23(21,22)17-9-2-1-5-14(17)16(19)20/h7-8,10,14H,1-6,9H2,(H,19,20). The monoisotopic (exact) mass is 337 g/mol. The molecule has 1 fully saturated rings. The summed E-state index contributed by atoms with van der Waals surface area (Å²) in [5.41, 5.74) is 1.33. The molecule has 0 spiro atoms. The van der Waals surface area contributed by atoms with Crippen molar-refractivity contribution in [1.82, 2.24) is 4.31 Å². The highest BCUT2D eigenvalue weighted by molar-refractivity contribution is 7.89. The van der Waals surface area contributed by atoms with E-state index in [9.17, 15) is 23.1 Å². The fraction of sp³-hybridized carbons (Fsp3) is 0.500. The summed E-state index contributed by atoms with van der Waals surface area (Å²) in [6, 6.07) is 3.55. The molecule has 2 aliphatic rings. The summed E-state index contributed by atoms with van der Waals surface area (Å²) in [4.78, 5) is 23.4. The molecule has 0 saturated carbocycles. The number of rotatable bonds is 3. The lowest BCUT2D eigenvalue weighted by atomic mass is 9.91. The number of aliphatic carboxylic acids is 1. The number of carboxylic acids is 1. The second-order valence-electron chi connectivity index (χ2n) is 6.06. The van der Waals surface area contributed by atoms with Crippen molar-refractivity contribution in [2.75, 3.05) is 6.54 Å². The maximum Gasteiger partial charge on any atom is 0.322 e. The second-order valence-corrected chi connectivity index (χ2v) is 7.95. The van der Waals surface area contributed by atoms with Gasteiger partial charge in [0.05, 0.1) is 4.90 Å². The Labute approximate surface area is 135 Å². The molecule has 1 aromatic rings. The quantitative estimate of drug-likeness (QED) is 0.908. The number of piperidine rings is 1. The van der Waals surface area contributed by atoms with Crippen LogP contribution in [-0.2, 0) is 21.2 Å². The van der Waals surface area contributed by atoms with Gasteiger partial charge < -0.3 is 5.11 Å². The van der Waals surface area contributed by atoms with E-state index in [4.69, 9.17) is 0 Å². The average Bonchev–Trinajstić information content (AvgIpc) is 2.55. The van der Waals surface area contributed by atoms with Crippen molar-refractivity contribution in [3.63, 3.8) is 0 Å². The van der Waals surface area contributed by atoms with Gasteiger partial charge in [-0.1, -0.05) is 6.07 Å². The molecular formula is C16H19NO5S. The fourth-order valence-electron chi connectivity index (χ4n) is 3.34. The molecule has 1 saturated heterocycles. The smallest absolute Gasteiger partial charge is 0.322 e. The molecule has 7 heteroatoms. The van der Waals surface area contributed by atoms with Crippen LogP contribution in [0.2, 0.25) is 0 Å². The van der Waals surface area contributed by atoms with E-state index in [2.05, 4.69) is 0 Å². The van der Waals surface area contributed by atoms with Gasteiger partial charge in [-0.15, -0.1) is 0 Å². The number of carboxylic acid groups (broad SMARTS) is 1. The lowest BCUT2D eigenvalue weighted by molar-refractivity contribution is -0.142. The number of hydrogen-bond acceptors (Lipinski definition) is 4. The van der Waals surface area contributed by atoms with Crippen molar-refractivity contribution in [1.29, 1.82) is 0 Å². The Morgan fingerprint density at radius 2 is 1.96 bits per heavy atom. The van der Waals surface area contributed by atoms with Gasteiger partial charge in [-0.25, -0.2) is 8.42 Å². The number of fused-ring (bicyclic) bond motifs is 1. The first-order valence-electron chi connectivity index (χ1n) is 7.82. The highest BCUT2D eigenvalue weighted by Gasteiger charge is 2.38. The molecule has 0 radical (unpaired) electrons. The van der Waals surface area contributed by atoms with Crippen LogP contribution >= 0.6 is 0 Å². The third kappa shape index (κ3) is 2.90. The highest BCUT2D eigenvalue weighted by Crippen LogP contribution is 2.29. The molecule has 1 aromatic carbocycles. The zero-order valence-electron chi connectivity index (χ0n) is 12.7. The molecule has 3 rings (SSSR count). The summed E-state index contributed by atoms with van der Waals surface area (Å²) in [5.74, 6) is -1.17. The molecule has 1 aliphatic heterocycles. The van der Waals surface area contributed by atoms with Crippen molar-refractivity contribution < 1.29 is 23.1 Å². The second kappa shape index (κ2) is 6.05. The van der Waals surface area contributed by atoms with Crippen LogP contribution in [0.5, 0.6) is 0 Å². The fourth-order valence-corrected chi connectivity index (χ4v) is 5.02. The maximum atomic E-state index is 12.8. The van der Waals surface area contributed by atoms with Crippen molar-refractivity contribution in [2.45, 2.75) is 49.5 Å². The van der Waals surface area contributed by atoms with E-state index < -0.39 is 22.0 Å². The highest BCUT2D eigenvalue weighted by atomic mass is 32.2. The lowest BCUT2D eigenvalue weighted by Gasteiger charge is -2.32. The van der Waals surface area contributed by atoms with Gasteiger partial charge in [0.25, 0.3) is 0 Å². The molecular weight excluding hydrogens is 318 g/mol. The molecule has 1 atom stereocenters.